The fraction of sp³-hybridized carbons (Fsp3) is 0.133. The predicted octanol–water partition coefficient (Wildman–Crippen LogP) is 5.09. The van der Waals surface area contributed by atoms with E-state index in [0.29, 0.717) is 18.2 Å². The molecule has 0 unspecified atom stereocenters. The van der Waals surface area contributed by atoms with Gasteiger partial charge in [-0.2, -0.15) is 26.3 Å². The molecule has 2 aromatic carbocycles. The van der Waals surface area contributed by atoms with E-state index in [1.165, 1.54) is 0 Å². The Kier molecular flexibility index (Phi) is 4.10. The first-order valence-corrected chi connectivity index (χ1v) is 6.12. The number of carboxylic acid groups (broad SMARTS) is 1. The lowest BCUT2D eigenvalue weighted by atomic mass is 9.95. The minimum Gasteiger partial charge on any atom is -0.478 e. The molecule has 8 heteroatoms. The maximum atomic E-state index is 12.8. The first-order valence-electron chi connectivity index (χ1n) is 6.12. The summed E-state index contributed by atoms with van der Waals surface area (Å²) >= 11 is 0. The molecule has 23 heavy (non-hydrogen) atoms. The SMILES string of the molecule is O=C(O)c1ccc(C(F)(F)F)cc1-c1cccc(C(F)(F)F)c1. The van der Waals surface area contributed by atoms with Crippen LogP contribution >= 0.6 is 0 Å². The van der Waals surface area contributed by atoms with Gasteiger partial charge in [-0.25, -0.2) is 4.79 Å². The number of carbonyl (C=O) groups is 1. The normalized spacial score (nSPS) is 12.3. The molecule has 2 aromatic rings. The molecule has 0 aliphatic heterocycles. The van der Waals surface area contributed by atoms with Crippen molar-refractivity contribution in [3.63, 3.8) is 0 Å². The third kappa shape index (κ3) is 3.64. The van der Waals surface area contributed by atoms with Crippen molar-refractivity contribution in [2.75, 3.05) is 0 Å². The van der Waals surface area contributed by atoms with E-state index < -0.39 is 40.6 Å². The maximum absolute atomic E-state index is 12.8. The summed E-state index contributed by atoms with van der Waals surface area (Å²) in [7, 11) is 0. The van der Waals surface area contributed by atoms with Crippen LogP contribution in [-0.4, -0.2) is 11.1 Å². The molecule has 2 nitrogen and oxygen atoms in total. The number of hydrogen-bond donors (Lipinski definition) is 1. The van der Waals surface area contributed by atoms with Crippen LogP contribution < -0.4 is 0 Å². The summed E-state index contributed by atoms with van der Waals surface area (Å²) in [5.41, 5.74) is -3.43. The Morgan fingerprint density at radius 3 is 1.91 bits per heavy atom. The van der Waals surface area contributed by atoms with Crippen molar-refractivity contribution >= 4 is 5.97 Å². The minimum absolute atomic E-state index is 0.261. The van der Waals surface area contributed by atoms with Crippen molar-refractivity contribution in [2.45, 2.75) is 12.4 Å². The van der Waals surface area contributed by atoms with Crippen LogP contribution in [0.25, 0.3) is 11.1 Å². The lowest BCUT2D eigenvalue weighted by Gasteiger charge is -2.13. The van der Waals surface area contributed by atoms with Gasteiger partial charge in [0, 0.05) is 0 Å². The van der Waals surface area contributed by atoms with Gasteiger partial charge in [-0.15, -0.1) is 0 Å². The molecule has 0 fully saturated rings. The van der Waals surface area contributed by atoms with E-state index in [1.807, 2.05) is 0 Å². The second-order valence-corrected chi connectivity index (χ2v) is 4.64. The van der Waals surface area contributed by atoms with Gasteiger partial charge in [0.1, 0.15) is 0 Å². The molecule has 122 valence electrons. The number of carboxylic acids is 1. The van der Waals surface area contributed by atoms with Gasteiger partial charge in [0.2, 0.25) is 0 Å². The molecule has 1 N–H and O–H groups in total. The average Bonchev–Trinajstić information content (AvgIpc) is 2.45. The van der Waals surface area contributed by atoms with Gasteiger partial charge >= 0.3 is 18.3 Å². The zero-order valence-electron chi connectivity index (χ0n) is 11.2. The highest BCUT2D eigenvalue weighted by Crippen LogP contribution is 2.36. The van der Waals surface area contributed by atoms with Crippen LogP contribution in [0.15, 0.2) is 42.5 Å². The lowest BCUT2D eigenvalue weighted by molar-refractivity contribution is -0.138. The number of halogens is 6. The third-order valence-electron chi connectivity index (χ3n) is 3.08. The fourth-order valence-electron chi connectivity index (χ4n) is 2.01. The van der Waals surface area contributed by atoms with E-state index in [-0.39, 0.29) is 5.56 Å². The van der Waals surface area contributed by atoms with Crippen molar-refractivity contribution in [1.82, 2.24) is 0 Å². The largest absolute Gasteiger partial charge is 0.478 e. The van der Waals surface area contributed by atoms with Crippen LogP contribution in [0.1, 0.15) is 21.5 Å². The standard InChI is InChI=1S/C15H8F6O2/c16-14(17,18)9-3-1-2-8(6-9)12-7-10(15(19,20)21)4-5-11(12)13(22)23/h1-7H,(H,22,23). The first kappa shape index (κ1) is 16.9. The molecule has 0 aliphatic carbocycles. The summed E-state index contributed by atoms with van der Waals surface area (Å²) in [6.07, 6.45) is -9.44. The van der Waals surface area contributed by atoms with Crippen molar-refractivity contribution in [3.05, 3.63) is 59.2 Å². The van der Waals surface area contributed by atoms with Crippen LogP contribution in [0.2, 0.25) is 0 Å². The Hall–Kier alpha value is -2.51. The summed E-state index contributed by atoms with van der Waals surface area (Å²) in [5.74, 6) is -1.54. The van der Waals surface area contributed by atoms with Crippen LogP contribution in [0.3, 0.4) is 0 Å². The molecule has 0 heterocycles. The minimum atomic E-state index is -4.74. The molecular formula is C15H8F6O2. The van der Waals surface area contributed by atoms with E-state index in [0.717, 1.165) is 24.3 Å². The van der Waals surface area contributed by atoms with Crippen molar-refractivity contribution < 1.29 is 36.2 Å². The smallest absolute Gasteiger partial charge is 0.416 e. The quantitative estimate of drug-likeness (QED) is 0.777. The average molecular weight is 334 g/mol. The molecule has 0 saturated heterocycles. The highest BCUT2D eigenvalue weighted by Gasteiger charge is 2.33. The fourth-order valence-corrected chi connectivity index (χ4v) is 2.01. The molecular weight excluding hydrogens is 326 g/mol. The molecule has 2 rings (SSSR count). The van der Waals surface area contributed by atoms with E-state index in [1.54, 1.807) is 0 Å². The summed E-state index contributed by atoms with van der Waals surface area (Å²) in [4.78, 5) is 11.1. The Labute approximate surface area is 126 Å². The number of hydrogen-bond acceptors (Lipinski definition) is 1. The van der Waals surface area contributed by atoms with E-state index in [9.17, 15) is 31.1 Å². The molecule has 0 atom stereocenters. The van der Waals surface area contributed by atoms with Crippen LogP contribution in [0, 0.1) is 0 Å². The monoisotopic (exact) mass is 334 g/mol. The second-order valence-electron chi connectivity index (χ2n) is 4.64. The van der Waals surface area contributed by atoms with Crippen LogP contribution in [0.5, 0.6) is 0 Å². The molecule has 0 radical (unpaired) electrons. The molecule has 0 saturated carbocycles. The topological polar surface area (TPSA) is 37.3 Å². The molecule has 0 bridgehead atoms. The number of alkyl halides is 6. The summed E-state index contributed by atoms with van der Waals surface area (Å²) < 4.78 is 76.4. The predicted molar refractivity (Wildman–Crippen MR) is 68.8 cm³/mol. The molecule has 0 aromatic heterocycles. The van der Waals surface area contributed by atoms with E-state index in [4.69, 9.17) is 5.11 Å². The van der Waals surface area contributed by atoms with Crippen LogP contribution in [0.4, 0.5) is 26.3 Å². The molecule has 0 spiro atoms. The van der Waals surface area contributed by atoms with E-state index >= 15 is 0 Å². The molecule has 0 aliphatic rings. The van der Waals surface area contributed by atoms with Gasteiger partial charge in [0.05, 0.1) is 16.7 Å². The number of rotatable bonds is 2. The Bertz CT molecular complexity index is 746. The zero-order chi connectivity index (χ0) is 17.4. The second kappa shape index (κ2) is 5.60. The molecule has 0 amide bonds. The third-order valence-corrected chi connectivity index (χ3v) is 3.08. The van der Waals surface area contributed by atoms with E-state index in [2.05, 4.69) is 0 Å². The number of benzene rings is 2. The van der Waals surface area contributed by atoms with Gasteiger partial charge in [0.25, 0.3) is 0 Å². The van der Waals surface area contributed by atoms with Crippen molar-refractivity contribution in [1.29, 1.82) is 0 Å². The Morgan fingerprint density at radius 2 is 1.39 bits per heavy atom. The van der Waals surface area contributed by atoms with Gasteiger partial charge < -0.3 is 5.11 Å². The Morgan fingerprint density at radius 1 is 0.826 bits per heavy atom. The van der Waals surface area contributed by atoms with Crippen molar-refractivity contribution in [2.24, 2.45) is 0 Å². The van der Waals surface area contributed by atoms with Gasteiger partial charge in [-0.1, -0.05) is 12.1 Å². The maximum Gasteiger partial charge on any atom is 0.416 e. The lowest BCUT2D eigenvalue weighted by Crippen LogP contribution is -2.08. The summed E-state index contributed by atoms with van der Waals surface area (Å²) in [5, 5.41) is 9.05. The summed E-state index contributed by atoms with van der Waals surface area (Å²) in [6.45, 7) is 0. The highest BCUT2D eigenvalue weighted by molar-refractivity contribution is 5.96. The zero-order valence-corrected chi connectivity index (χ0v) is 11.2. The Balaban J connectivity index is 2.68. The summed E-state index contributed by atoms with van der Waals surface area (Å²) in [6, 6.07) is 5.31. The van der Waals surface area contributed by atoms with Crippen LogP contribution in [-0.2, 0) is 12.4 Å². The highest BCUT2D eigenvalue weighted by atomic mass is 19.4. The van der Waals surface area contributed by atoms with Gasteiger partial charge in [-0.3, -0.25) is 0 Å². The van der Waals surface area contributed by atoms with Gasteiger partial charge in [-0.05, 0) is 41.5 Å². The number of aromatic carboxylic acids is 1. The first-order chi connectivity index (χ1) is 10.5. The van der Waals surface area contributed by atoms with Crippen molar-refractivity contribution in [3.8, 4) is 11.1 Å². The van der Waals surface area contributed by atoms with Gasteiger partial charge in [0.15, 0.2) is 0 Å².